The molecular formula is C17H25N3. The molecule has 0 bridgehead atoms. The van der Waals surface area contributed by atoms with Crippen LogP contribution in [0.2, 0.25) is 0 Å². The first-order valence-corrected chi connectivity index (χ1v) is 7.81. The van der Waals surface area contributed by atoms with Crippen LogP contribution >= 0.6 is 0 Å². The monoisotopic (exact) mass is 271 g/mol. The fourth-order valence-corrected chi connectivity index (χ4v) is 3.13. The molecule has 0 atom stereocenters. The summed E-state index contributed by atoms with van der Waals surface area (Å²) >= 11 is 0. The van der Waals surface area contributed by atoms with Crippen molar-refractivity contribution < 1.29 is 0 Å². The fraction of sp³-hybridized carbons (Fsp3) is 0.529. The molecule has 1 aliphatic carbocycles. The summed E-state index contributed by atoms with van der Waals surface area (Å²) in [5, 5.41) is 3.57. The highest BCUT2D eigenvalue weighted by Crippen LogP contribution is 2.24. The molecule has 0 unspecified atom stereocenters. The Kier molecular flexibility index (Phi) is 4.26. The van der Waals surface area contributed by atoms with Gasteiger partial charge in [-0.25, -0.2) is 0 Å². The van der Waals surface area contributed by atoms with Crippen molar-refractivity contribution in [3.05, 3.63) is 36.4 Å². The molecule has 3 heteroatoms. The van der Waals surface area contributed by atoms with Crippen molar-refractivity contribution in [2.75, 3.05) is 29.9 Å². The Morgan fingerprint density at radius 1 is 1.00 bits per heavy atom. The van der Waals surface area contributed by atoms with Crippen LogP contribution in [0.25, 0.3) is 0 Å². The summed E-state index contributed by atoms with van der Waals surface area (Å²) < 4.78 is 0. The highest BCUT2D eigenvalue weighted by atomic mass is 15.1. The van der Waals surface area contributed by atoms with E-state index in [0.717, 1.165) is 25.6 Å². The Hall–Kier alpha value is -1.48. The number of benzene rings is 1. The summed E-state index contributed by atoms with van der Waals surface area (Å²) in [5.41, 5.74) is 8.49. The minimum atomic E-state index is 0.444. The van der Waals surface area contributed by atoms with E-state index >= 15 is 0 Å². The molecule has 3 rings (SSSR count). The number of nitrogens with two attached hydrogens (primary N) is 1. The quantitative estimate of drug-likeness (QED) is 0.827. The second kappa shape index (κ2) is 6.31. The molecule has 0 spiro atoms. The van der Waals surface area contributed by atoms with Crippen molar-refractivity contribution >= 4 is 11.4 Å². The van der Waals surface area contributed by atoms with Gasteiger partial charge in [0.15, 0.2) is 0 Å². The van der Waals surface area contributed by atoms with Gasteiger partial charge in [0.05, 0.1) is 0 Å². The largest absolute Gasteiger partial charge is 0.385 e. The molecule has 1 fully saturated rings. The van der Waals surface area contributed by atoms with Crippen LogP contribution in [0.15, 0.2) is 36.4 Å². The maximum atomic E-state index is 5.95. The number of hydrogen-bond donors (Lipinski definition) is 2. The van der Waals surface area contributed by atoms with Gasteiger partial charge in [0, 0.05) is 37.1 Å². The molecular weight excluding hydrogens is 246 g/mol. The molecule has 1 aromatic carbocycles. The Morgan fingerprint density at radius 2 is 1.65 bits per heavy atom. The van der Waals surface area contributed by atoms with Crippen molar-refractivity contribution in [3.63, 3.8) is 0 Å². The lowest BCUT2D eigenvalue weighted by atomic mass is 9.86. The van der Waals surface area contributed by atoms with Crippen LogP contribution in [0.3, 0.4) is 0 Å². The normalized spacial score (nSPS) is 25.9. The fourth-order valence-electron chi connectivity index (χ4n) is 3.13. The van der Waals surface area contributed by atoms with Gasteiger partial charge >= 0.3 is 0 Å². The van der Waals surface area contributed by atoms with Crippen molar-refractivity contribution in [1.82, 2.24) is 0 Å². The zero-order valence-electron chi connectivity index (χ0n) is 12.1. The van der Waals surface area contributed by atoms with Crippen LogP contribution in [-0.2, 0) is 0 Å². The first-order valence-electron chi connectivity index (χ1n) is 7.81. The van der Waals surface area contributed by atoms with Gasteiger partial charge in [0.1, 0.15) is 0 Å². The predicted molar refractivity (Wildman–Crippen MR) is 86.2 cm³/mol. The second-order valence-corrected chi connectivity index (χ2v) is 6.08. The molecule has 3 N–H and O–H groups in total. The lowest BCUT2D eigenvalue weighted by Crippen LogP contribution is -2.29. The van der Waals surface area contributed by atoms with Crippen LogP contribution < -0.4 is 16.0 Å². The topological polar surface area (TPSA) is 41.3 Å². The summed E-state index contributed by atoms with van der Waals surface area (Å²) in [6.07, 6.45) is 9.36. The van der Waals surface area contributed by atoms with Gasteiger partial charge in [0.25, 0.3) is 0 Å². The highest BCUT2D eigenvalue weighted by molar-refractivity contribution is 5.56. The Bertz CT molecular complexity index is 436. The van der Waals surface area contributed by atoms with Gasteiger partial charge in [-0.2, -0.15) is 0 Å². The van der Waals surface area contributed by atoms with Gasteiger partial charge in [-0.15, -0.1) is 0 Å². The van der Waals surface area contributed by atoms with E-state index in [1.807, 2.05) is 0 Å². The predicted octanol–water partition coefficient (Wildman–Crippen LogP) is 2.99. The molecule has 0 amide bonds. The molecule has 1 saturated carbocycles. The second-order valence-electron chi connectivity index (χ2n) is 6.08. The lowest BCUT2D eigenvalue weighted by molar-refractivity contribution is 0.339. The number of nitrogens with zero attached hydrogens (tertiary/aromatic N) is 1. The summed E-state index contributed by atoms with van der Waals surface area (Å²) in [7, 11) is 0. The van der Waals surface area contributed by atoms with Crippen LogP contribution in [0.5, 0.6) is 0 Å². The molecule has 0 saturated heterocycles. The van der Waals surface area contributed by atoms with Crippen LogP contribution in [0, 0.1) is 5.92 Å². The first kappa shape index (κ1) is 13.5. The molecule has 1 heterocycles. The molecule has 2 aliphatic rings. The molecule has 1 aromatic rings. The smallest absolute Gasteiger partial charge is 0.0373 e. The zero-order valence-corrected chi connectivity index (χ0v) is 12.1. The van der Waals surface area contributed by atoms with E-state index in [0.29, 0.717) is 6.04 Å². The van der Waals surface area contributed by atoms with Crippen molar-refractivity contribution in [2.45, 2.75) is 31.7 Å². The Balaban J connectivity index is 1.48. The highest BCUT2D eigenvalue weighted by Gasteiger charge is 2.18. The lowest BCUT2D eigenvalue weighted by Gasteiger charge is -2.26. The van der Waals surface area contributed by atoms with E-state index in [1.54, 1.807) is 0 Å². The zero-order chi connectivity index (χ0) is 13.8. The summed E-state index contributed by atoms with van der Waals surface area (Å²) in [6.45, 7) is 3.15. The molecule has 0 radical (unpaired) electrons. The third kappa shape index (κ3) is 3.34. The van der Waals surface area contributed by atoms with Gasteiger partial charge in [-0.1, -0.05) is 12.2 Å². The first-order chi connectivity index (χ1) is 9.81. The summed E-state index contributed by atoms with van der Waals surface area (Å²) in [5.74, 6) is 0.789. The number of hydrogen-bond acceptors (Lipinski definition) is 3. The minimum absolute atomic E-state index is 0.444. The SMILES string of the molecule is NC1CCC(CNc2ccc(N3CC=CC3)cc2)CC1. The average Bonchev–Trinajstić information content (AvgIpc) is 3.01. The van der Waals surface area contributed by atoms with Gasteiger partial charge < -0.3 is 16.0 Å². The van der Waals surface area contributed by atoms with Gasteiger partial charge in [0.2, 0.25) is 0 Å². The number of rotatable bonds is 4. The van der Waals surface area contributed by atoms with Crippen molar-refractivity contribution in [2.24, 2.45) is 11.7 Å². The standard InChI is InChI=1S/C17H25N3/c18-15-5-3-14(4-6-15)13-19-16-7-9-17(10-8-16)20-11-1-2-12-20/h1-2,7-10,14-15,19H,3-6,11-13,18H2. The van der Waals surface area contributed by atoms with E-state index in [4.69, 9.17) is 5.73 Å². The molecule has 0 aromatic heterocycles. The van der Waals surface area contributed by atoms with Crippen LogP contribution in [0.4, 0.5) is 11.4 Å². The summed E-state index contributed by atoms with van der Waals surface area (Å²) in [4.78, 5) is 2.37. The maximum Gasteiger partial charge on any atom is 0.0373 e. The minimum Gasteiger partial charge on any atom is -0.385 e. The molecule has 20 heavy (non-hydrogen) atoms. The Morgan fingerprint density at radius 3 is 2.30 bits per heavy atom. The van der Waals surface area contributed by atoms with Gasteiger partial charge in [-0.05, 0) is 55.9 Å². The van der Waals surface area contributed by atoms with Crippen LogP contribution in [-0.4, -0.2) is 25.7 Å². The average molecular weight is 271 g/mol. The van der Waals surface area contributed by atoms with E-state index in [2.05, 4.69) is 46.6 Å². The van der Waals surface area contributed by atoms with Crippen molar-refractivity contribution in [3.8, 4) is 0 Å². The molecule has 108 valence electrons. The Labute approximate surface area is 121 Å². The number of anilines is 2. The van der Waals surface area contributed by atoms with E-state index in [1.165, 1.54) is 37.1 Å². The summed E-state index contributed by atoms with van der Waals surface area (Å²) in [6, 6.07) is 9.27. The maximum absolute atomic E-state index is 5.95. The third-order valence-corrected chi connectivity index (χ3v) is 4.54. The van der Waals surface area contributed by atoms with Crippen molar-refractivity contribution in [1.29, 1.82) is 0 Å². The molecule has 3 nitrogen and oxygen atoms in total. The third-order valence-electron chi connectivity index (χ3n) is 4.54. The van der Waals surface area contributed by atoms with E-state index in [-0.39, 0.29) is 0 Å². The van der Waals surface area contributed by atoms with Gasteiger partial charge in [-0.3, -0.25) is 0 Å². The number of nitrogens with one attached hydrogen (secondary N) is 1. The van der Waals surface area contributed by atoms with Crippen LogP contribution in [0.1, 0.15) is 25.7 Å². The molecule has 1 aliphatic heterocycles. The van der Waals surface area contributed by atoms with E-state index < -0.39 is 0 Å². The van der Waals surface area contributed by atoms with E-state index in [9.17, 15) is 0 Å².